The van der Waals surface area contributed by atoms with Gasteiger partial charge in [0.15, 0.2) is 0 Å². The van der Waals surface area contributed by atoms with Gasteiger partial charge < -0.3 is 14.4 Å². The summed E-state index contributed by atoms with van der Waals surface area (Å²) in [6, 6.07) is 9.57. The van der Waals surface area contributed by atoms with Gasteiger partial charge in [-0.15, -0.1) is 10.8 Å². The first-order chi connectivity index (χ1) is 19.0. The van der Waals surface area contributed by atoms with Gasteiger partial charge in [-0.25, -0.2) is 14.0 Å². The highest BCUT2D eigenvalue weighted by Crippen LogP contribution is 2.61. The molecule has 2 aromatic carbocycles. The van der Waals surface area contributed by atoms with Gasteiger partial charge in [0.25, 0.3) is 0 Å². The number of nitrogens with zero attached hydrogens (tertiary/aromatic N) is 3. The molecular formula is C30H38FN3O6S. The number of carbonyl (C=O) groups excluding carboxylic acids is 2. The number of hydrogen-bond acceptors (Lipinski definition) is 7. The summed E-state index contributed by atoms with van der Waals surface area (Å²) < 4.78 is 50.9. The maximum absolute atomic E-state index is 14.2. The first kappa shape index (κ1) is 29.4. The van der Waals surface area contributed by atoms with Crippen LogP contribution < -0.4 is 0 Å². The molecule has 0 bridgehead atoms. The third-order valence-electron chi connectivity index (χ3n) is 7.20. The predicted octanol–water partition coefficient (Wildman–Crippen LogP) is 7.47. The summed E-state index contributed by atoms with van der Waals surface area (Å²) >= 11 is 0. The largest absolute Gasteiger partial charge is 0.444 e. The summed E-state index contributed by atoms with van der Waals surface area (Å²) in [5, 5.41) is 0.674. The summed E-state index contributed by atoms with van der Waals surface area (Å²) in [7, 11) is -3.22. The van der Waals surface area contributed by atoms with Gasteiger partial charge >= 0.3 is 12.2 Å². The molecule has 2 aliphatic heterocycles. The summed E-state index contributed by atoms with van der Waals surface area (Å²) in [4.78, 5) is 27.6. The van der Waals surface area contributed by atoms with Crippen molar-refractivity contribution in [3.63, 3.8) is 0 Å². The number of rotatable bonds is 2. The lowest BCUT2D eigenvalue weighted by Gasteiger charge is -2.44. The van der Waals surface area contributed by atoms with Gasteiger partial charge in [0.2, 0.25) is 0 Å². The Hall–Kier alpha value is -3.12. The Morgan fingerprint density at radius 3 is 2.20 bits per heavy atom. The molecule has 11 heteroatoms. The third-order valence-corrected chi connectivity index (χ3v) is 9.27. The molecule has 3 aromatic rings. The highest BCUT2D eigenvalue weighted by Gasteiger charge is 2.41. The van der Waals surface area contributed by atoms with Crippen molar-refractivity contribution in [3.8, 4) is 11.1 Å². The summed E-state index contributed by atoms with van der Waals surface area (Å²) in [5.41, 5.74) is 1.32. The molecule has 0 aliphatic carbocycles. The molecule has 1 amide bonds. The fourth-order valence-corrected chi connectivity index (χ4v) is 7.34. The Bertz CT molecular complexity index is 1500. The third kappa shape index (κ3) is 5.94. The van der Waals surface area contributed by atoms with E-state index in [-0.39, 0.29) is 12.1 Å². The second-order valence-electron chi connectivity index (χ2n) is 12.7. The highest BCUT2D eigenvalue weighted by molar-refractivity contribution is 8.22. The van der Waals surface area contributed by atoms with Crippen molar-refractivity contribution in [2.45, 2.75) is 83.1 Å². The Kier molecular flexibility index (Phi) is 7.38. The van der Waals surface area contributed by atoms with E-state index in [1.54, 1.807) is 54.4 Å². The van der Waals surface area contributed by atoms with E-state index < -0.39 is 33.9 Å². The Labute approximate surface area is 241 Å². The molecule has 41 heavy (non-hydrogen) atoms. The molecule has 5 rings (SSSR count). The molecule has 2 N–H and O–H groups in total. The van der Waals surface area contributed by atoms with Crippen LogP contribution in [0.5, 0.6) is 0 Å². The average molecular weight is 588 g/mol. The molecule has 0 unspecified atom stereocenters. The smallest absolute Gasteiger partial charge is 0.419 e. The van der Waals surface area contributed by atoms with E-state index in [4.69, 9.17) is 9.47 Å². The summed E-state index contributed by atoms with van der Waals surface area (Å²) in [5.74, 6) is -0.469. The van der Waals surface area contributed by atoms with Crippen molar-refractivity contribution in [2.75, 3.05) is 13.1 Å². The van der Waals surface area contributed by atoms with E-state index in [0.717, 1.165) is 11.1 Å². The van der Waals surface area contributed by atoms with Crippen molar-refractivity contribution in [2.24, 2.45) is 0 Å². The van der Waals surface area contributed by atoms with Gasteiger partial charge in [-0.1, -0.05) is 6.07 Å². The Balaban J connectivity index is 1.40. The van der Waals surface area contributed by atoms with Gasteiger partial charge in [-0.3, -0.25) is 13.7 Å². The zero-order chi connectivity index (χ0) is 29.9. The average Bonchev–Trinajstić information content (AvgIpc) is 3.36. The number of piperidine rings is 1. The van der Waals surface area contributed by atoms with Gasteiger partial charge in [0.1, 0.15) is 17.0 Å². The molecule has 1 fully saturated rings. The maximum atomic E-state index is 14.2. The number of benzene rings is 2. The number of aromatic nitrogens is 1. The van der Waals surface area contributed by atoms with Crippen molar-refractivity contribution in [1.82, 2.24) is 13.8 Å². The minimum atomic E-state index is -3.22. The van der Waals surface area contributed by atoms with Crippen molar-refractivity contribution in [1.29, 1.82) is 0 Å². The zero-order valence-electron chi connectivity index (χ0n) is 24.3. The Morgan fingerprint density at radius 2 is 1.56 bits per heavy atom. The minimum absolute atomic E-state index is 0.119. The van der Waals surface area contributed by atoms with E-state index in [2.05, 4.69) is 0 Å². The van der Waals surface area contributed by atoms with Crippen LogP contribution in [-0.4, -0.2) is 65.4 Å². The van der Waals surface area contributed by atoms with Gasteiger partial charge in [-0.2, -0.15) is 4.31 Å². The molecule has 2 aliphatic rings. The first-order valence-corrected chi connectivity index (χ1v) is 15.2. The van der Waals surface area contributed by atoms with Crippen LogP contribution in [0.2, 0.25) is 0 Å². The standard InChI is InChI=1S/C30H38FN3O6S/c1-29(2,3)39-27(35)32-13-11-22(12-14-32)34-17-20-15-19(7-10-26(20)41(34,37)38)24-18-33(28(36)40-30(4,5)6)25-16-21(31)8-9-23(24)25/h7-10,15-16,18,22,37-38H,11-14,17H2,1-6H3. The molecule has 0 atom stereocenters. The van der Waals surface area contributed by atoms with Crippen molar-refractivity contribution in [3.05, 3.63) is 54.0 Å². The number of likely N-dealkylation sites (tertiary alicyclic amines) is 1. The van der Waals surface area contributed by atoms with E-state index in [1.165, 1.54) is 16.7 Å². The van der Waals surface area contributed by atoms with Crippen LogP contribution in [0, 0.1) is 5.82 Å². The second-order valence-corrected chi connectivity index (χ2v) is 14.6. The highest BCUT2D eigenvalue weighted by atomic mass is 32.3. The monoisotopic (exact) mass is 587 g/mol. The first-order valence-electron chi connectivity index (χ1n) is 13.7. The van der Waals surface area contributed by atoms with Crippen LogP contribution in [-0.2, 0) is 16.0 Å². The SMILES string of the molecule is CC(C)(C)OC(=O)N1CCC(N2Cc3cc(-c4cn(C(=O)OC(C)(C)C)c5cc(F)ccc45)ccc3S2(O)O)CC1. The molecule has 0 saturated carbocycles. The molecule has 1 aromatic heterocycles. The number of halogens is 1. The second kappa shape index (κ2) is 10.3. The van der Waals surface area contributed by atoms with Crippen LogP contribution in [0.15, 0.2) is 47.5 Å². The molecule has 1 saturated heterocycles. The van der Waals surface area contributed by atoms with Gasteiger partial charge in [-0.05, 0) is 95.8 Å². The van der Waals surface area contributed by atoms with Crippen molar-refractivity contribution >= 4 is 33.9 Å². The number of amides is 1. The van der Waals surface area contributed by atoms with E-state index in [0.29, 0.717) is 53.8 Å². The fraction of sp³-hybridized carbons (Fsp3) is 0.467. The topological polar surface area (TPSA) is 104 Å². The number of hydrogen-bond donors (Lipinski definition) is 2. The van der Waals surface area contributed by atoms with Crippen LogP contribution in [0.4, 0.5) is 14.0 Å². The maximum Gasteiger partial charge on any atom is 0.419 e. The number of carbonyl (C=O) groups is 2. The molecule has 0 spiro atoms. The molecule has 222 valence electrons. The molecular weight excluding hydrogens is 549 g/mol. The van der Waals surface area contributed by atoms with Crippen LogP contribution in [0.3, 0.4) is 0 Å². The summed E-state index contributed by atoms with van der Waals surface area (Å²) in [6.07, 6.45) is 1.84. The number of ether oxygens (including phenoxy) is 2. The fourth-order valence-electron chi connectivity index (χ4n) is 5.41. The normalized spacial score (nSPS) is 18.8. The molecule has 9 nitrogen and oxygen atoms in total. The zero-order valence-corrected chi connectivity index (χ0v) is 25.1. The predicted molar refractivity (Wildman–Crippen MR) is 156 cm³/mol. The van der Waals surface area contributed by atoms with Crippen LogP contribution in [0.25, 0.3) is 22.0 Å². The Morgan fingerprint density at radius 1 is 0.927 bits per heavy atom. The lowest BCUT2D eigenvalue weighted by molar-refractivity contribution is 0.0174. The van der Waals surface area contributed by atoms with Crippen molar-refractivity contribution < 1.29 is 32.6 Å². The lowest BCUT2D eigenvalue weighted by Crippen LogP contribution is -2.47. The van der Waals surface area contributed by atoms with E-state index in [1.807, 2.05) is 26.8 Å². The van der Waals surface area contributed by atoms with E-state index >= 15 is 0 Å². The van der Waals surface area contributed by atoms with Crippen LogP contribution in [0.1, 0.15) is 59.9 Å². The number of fused-ring (bicyclic) bond motifs is 2. The van der Waals surface area contributed by atoms with Gasteiger partial charge in [0.05, 0.1) is 10.4 Å². The summed E-state index contributed by atoms with van der Waals surface area (Å²) in [6.45, 7) is 12.1. The van der Waals surface area contributed by atoms with Gasteiger partial charge in [0, 0.05) is 42.8 Å². The molecule has 3 heterocycles. The van der Waals surface area contributed by atoms with E-state index in [9.17, 15) is 23.1 Å². The lowest BCUT2D eigenvalue weighted by atomic mass is 10.0. The minimum Gasteiger partial charge on any atom is -0.444 e. The van der Waals surface area contributed by atoms with Crippen LogP contribution >= 0.6 is 10.8 Å². The molecule has 0 radical (unpaired) electrons. The quantitative estimate of drug-likeness (QED) is 0.320.